The van der Waals surface area contributed by atoms with Crippen molar-refractivity contribution in [2.24, 2.45) is 0 Å². The molecule has 2 heterocycles. The van der Waals surface area contributed by atoms with Crippen LogP contribution in [-0.2, 0) is 11.2 Å². The molecule has 17 heavy (non-hydrogen) atoms. The van der Waals surface area contributed by atoms with Gasteiger partial charge in [-0.25, -0.2) is 0 Å². The fourth-order valence-electron chi connectivity index (χ4n) is 3.12. The Morgan fingerprint density at radius 2 is 2.18 bits per heavy atom. The molecular weight excluding hydrogens is 212 g/mol. The Kier molecular flexibility index (Phi) is 2.63. The molecule has 90 valence electrons. The topological polar surface area (TPSA) is 32.3 Å². The smallest absolute Gasteiger partial charge is 0.236 e. The summed E-state index contributed by atoms with van der Waals surface area (Å²) in [5, 5.41) is 3.23. The fourth-order valence-corrected chi connectivity index (χ4v) is 3.12. The molecule has 3 nitrogen and oxygen atoms in total. The SMILES string of the molecule is CC1c2ccccc2CCN2C(=O)CNCC12. The molecule has 1 fully saturated rings. The zero-order chi connectivity index (χ0) is 11.8. The number of fused-ring (bicyclic) bond motifs is 2. The van der Waals surface area contributed by atoms with Gasteiger partial charge in [-0.1, -0.05) is 31.2 Å². The number of amides is 1. The summed E-state index contributed by atoms with van der Waals surface area (Å²) >= 11 is 0. The summed E-state index contributed by atoms with van der Waals surface area (Å²) in [6, 6.07) is 8.92. The van der Waals surface area contributed by atoms with Gasteiger partial charge in [0.05, 0.1) is 12.6 Å². The first-order valence-electron chi connectivity index (χ1n) is 6.35. The van der Waals surface area contributed by atoms with Gasteiger partial charge in [-0.3, -0.25) is 4.79 Å². The Morgan fingerprint density at radius 3 is 3.06 bits per heavy atom. The third-order valence-electron chi connectivity index (χ3n) is 4.10. The van der Waals surface area contributed by atoms with Crippen LogP contribution in [0, 0.1) is 0 Å². The standard InChI is InChI=1S/C14H18N2O/c1-10-12-5-3-2-4-11(12)6-7-16-13(10)8-15-9-14(16)17/h2-5,10,13,15H,6-9H2,1H3. The van der Waals surface area contributed by atoms with E-state index in [1.807, 2.05) is 0 Å². The van der Waals surface area contributed by atoms with E-state index in [-0.39, 0.29) is 5.91 Å². The molecule has 3 rings (SSSR count). The van der Waals surface area contributed by atoms with Gasteiger partial charge >= 0.3 is 0 Å². The van der Waals surface area contributed by atoms with Crippen molar-refractivity contribution in [2.75, 3.05) is 19.6 Å². The normalized spacial score (nSPS) is 28.3. The van der Waals surface area contributed by atoms with Crippen molar-refractivity contribution in [2.45, 2.75) is 25.3 Å². The Morgan fingerprint density at radius 1 is 1.35 bits per heavy atom. The van der Waals surface area contributed by atoms with Crippen molar-refractivity contribution < 1.29 is 4.79 Å². The van der Waals surface area contributed by atoms with Gasteiger partial charge in [0.25, 0.3) is 0 Å². The molecule has 1 saturated heterocycles. The van der Waals surface area contributed by atoms with Gasteiger partial charge in [0, 0.05) is 19.0 Å². The molecule has 2 aliphatic heterocycles. The summed E-state index contributed by atoms with van der Waals surface area (Å²) in [6.07, 6.45) is 0.989. The molecule has 0 aliphatic carbocycles. The molecule has 2 atom stereocenters. The quantitative estimate of drug-likeness (QED) is 0.725. The van der Waals surface area contributed by atoms with Crippen LogP contribution in [0.3, 0.4) is 0 Å². The molecule has 1 aromatic rings. The van der Waals surface area contributed by atoms with Gasteiger partial charge in [-0.15, -0.1) is 0 Å². The van der Waals surface area contributed by atoms with Crippen LogP contribution >= 0.6 is 0 Å². The first-order chi connectivity index (χ1) is 8.27. The van der Waals surface area contributed by atoms with Gasteiger partial charge in [0.2, 0.25) is 5.91 Å². The van der Waals surface area contributed by atoms with Crippen LogP contribution in [0.2, 0.25) is 0 Å². The van der Waals surface area contributed by atoms with Gasteiger partial charge in [-0.05, 0) is 17.5 Å². The van der Waals surface area contributed by atoms with Crippen LogP contribution in [0.25, 0.3) is 0 Å². The largest absolute Gasteiger partial charge is 0.336 e. The third kappa shape index (κ3) is 1.75. The highest BCUT2D eigenvalue weighted by molar-refractivity contribution is 5.79. The van der Waals surface area contributed by atoms with E-state index in [2.05, 4.69) is 41.4 Å². The molecule has 0 saturated carbocycles. The molecule has 0 aromatic heterocycles. The lowest BCUT2D eigenvalue weighted by Gasteiger charge is -2.38. The average Bonchev–Trinajstić information content (AvgIpc) is 2.50. The highest BCUT2D eigenvalue weighted by Crippen LogP contribution is 2.30. The maximum absolute atomic E-state index is 11.9. The molecule has 0 radical (unpaired) electrons. The van der Waals surface area contributed by atoms with Crippen LogP contribution < -0.4 is 5.32 Å². The third-order valence-corrected chi connectivity index (χ3v) is 4.10. The number of nitrogens with one attached hydrogen (secondary N) is 1. The second-order valence-corrected chi connectivity index (χ2v) is 5.02. The van der Waals surface area contributed by atoms with E-state index < -0.39 is 0 Å². The van der Waals surface area contributed by atoms with E-state index in [9.17, 15) is 4.79 Å². The summed E-state index contributed by atoms with van der Waals surface area (Å²) in [5.74, 6) is 0.673. The predicted octanol–water partition coefficient (Wildman–Crippen LogP) is 1.15. The second-order valence-electron chi connectivity index (χ2n) is 5.02. The van der Waals surface area contributed by atoms with E-state index in [0.717, 1.165) is 19.5 Å². The Hall–Kier alpha value is -1.35. The summed E-state index contributed by atoms with van der Waals surface area (Å²) in [4.78, 5) is 14.0. The van der Waals surface area contributed by atoms with Crippen molar-refractivity contribution in [3.05, 3.63) is 35.4 Å². The van der Waals surface area contributed by atoms with Crippen LogP contribution in [0.1, 0.15) is 24.0 Å². The van der Waals surface area contributed by atoms with E-state index in [4.69, 9.17) is 0 Å². The van der Waals surface area contributed by atoms with Crippen LogP contribution in [0.5, 0.6) is 0 Å². The van der Waals surface area contributed by atoms with Crippen LogP contribution in [0.15, 0.2) is 24.3 Å². The molecule has 2 unspecified atom stereocenters. The zero-order valence-corrected chi connectivity index (χ0v) is 10.1. The van der Waals surface area contributed by atoms with Crippen molar-refractivity contribution in [1.82, 2.24) is 10.2 Å². The number of carbonyl (C=O) groups excluding carboxylic acids is 1. The van der Waals surface area contributed by atoms with Crippen LogP contribution in [-0.4, -0.2) is 36.5 Å². The molecule has 1 amide bonds. The first kappa shape index (κ1) is 10.8. The van der Waals surface area contributed by atoms with Gasteiger partial charge < -0.3 is 10.2 Å². The monoisotopic (exact) mass is 230 g/mol. The lowest BCUT2D eigenvalue weighted by atomic mass is 9.89. The highest BCUT2D eigenvalue weighted by Gasteiger charge is 2.34. The van der Waals surface area contributed by atoms with Crippen molar-refractivity contribution in [1.29, 1.82) is 0 Å². The number of benzene rings is 1. The summed E-state index contributed by atoms with van der Waals surface area (Å²) in [6.45, 7) is 4.52. The second kappa shape index (κ2) is 4.15. The predicted molar refractivity (Wildman–Crippen MR) is 66.9 cm³/mol. The number of piperazine rings is 1. The van der Waals surface area contributed by atoms with Crippen LogP contribution in [0.4, 0.5) is 0 Å². The Labute approximate surface area is 102 Å². The van der Waals surface area contributed by atoms with E-state index >= 15 is 0 Å². The molecule has 0 spiro atoms. The van der Waals surface area contributed by atoms with E-state index in [0.29, 0.717) is 18.5 Å². The number of rotatable bonds is 0. The van der Waals surface area contributed by atoms with Crippen molar-refractivity contribution >= 4 is 5.91 Å². The molecule has 3 heteroatoms. The Bertz CT molecular complexity index is 444. The highest BCUT2D eigenvalue weighted by atomic mass is 16.2. The van der Waals surface area contributed by atoms with Crippen molar-refractivity contribution in [3.8, 4) is 0 Å². The fraction of sp³-hybridized carbons (Fsp3) is 0.500. The van der Waals surface area contributed by atoms with E-state index in [1.165, 1.54) is 11.1 Å². The number of nitrogens with zero attached hydrogens (tertiary/aromatic N) is 1. The maximum atomic E-state index is 11.9. The molecule has 1 aromatic carbocycles. The van der Waals surface area contributed by atoms with Crippen molar-refractivity contribution in [3.63, 3.8) is 0 Å². The van der Waals surface area contributed by atoms with Gasteiger partial charge in [0.15, 0.2) is 0 Å². The number of hydrogen-bond donors (Lipinski definition) is 1. The average molecular weight is 230 g/mol. The minimum Gasteiger partial charge on any atom is -0.336 e. The number of hydrogen-bond acceptors (Lipinski definition) is 2. The summed E-state index contributed by atoms with van der Waals surface area (Å²) in [5.41, 5.74) is 2.82. The Balaban J connectivity index is 1.99. The first-order valence-corrected chi connectivity index (χ1v) is 6.35. The summed E-state index contributed by atoms with van der Waals surface area (Å²) < 4.78 is 0. The molecular formula is C14H18N2O. The minimum absolute atomic E-state index is 0.251. The lowest BCUT2D eigenvalue weighted by Crippen LogP contribution is -2.56. The molecule has 2 aliphatic rings. The summed E-state index contributed by atoms with van der Waals surface area (Å²) in [7, 11) is 0. The zero-order valence-electron chi connectivity index (χ0n) is 10.1. The van der Waals surface area contributed by atoms with Gasteiger partial charge in [0.1, 0.15) is 0 Å². The molecule has 1 N–H and O–H groups in total. The van der Waals surface area contributed by atoms with E-state index in [1.54, 1.807) is 0 Å². The maximum Gasteiger partial charge on any atom is 0.236 e. The van der Waals surface area contributed by atoms with Gasteiger partial charge in [-0.2, -0.15) is 0 Å². The number of carbonyl (C=O) groups is 1. The lowest BCUT2D eigenvalue weighted by molar-refractivity contribution is -0.135. The minimum atomic E-state index is 0.251. The molecule has 0 bridgehead atoms.